The largest absolute Gasteiger partial charge is 0.481 e. The van der Waals surface area contributed by atoms with E-state index in [9.17, 15) is 14.0 Å². The average Bonchev–Trinajstić information content (AvgIpc) is 3.07. The van der Waals surface area contributed by atoms with Crippen LogP contribution in [0, 0.1) is 11.7 Å². The lowest BCUT2D eigenvalue weighted by molar-refractivity contribution is -0.137. The molecule has 3 unspecified atom stereocenters. The van der Waals surface area contributed by atoms with Gasteiger partial charge in [0.2, 0.25) is 5.91 Å². The van der Waals surface area contributed by atoms with Crippen LogP contribution < -0.4 is 5.32 Å². The predicted molar refractivity (Wildman–Crippen MR) is 72.1 cm³/mol. The number of halogens is 2. The van der Waals surface area contributed by atoms with E-state index in [4.69, 9.17) is 16.7 Å². The SMILES string of the molecule is CC(CC(=O)O)NC(=O)C1CC1c1c(F)cccc1Cl. The highest BCUT2D eigenvalue weighted by atomic mass is 35.5. The van der Waals surface area contributed by atoms with E-state index in [0.717, 1.165) is 0 Å². The number of rotatable bonds is 5. The van der Waals surface area contributed by atoms with Gasteiger partial charge in [-0.25, -0.2) is 4.39 Å². The Morgan fingerprint density at radius 3 is 2.85 bits per heavy atom. The van der Waals surface area contributed by atoms with E-state index in [2.05, 4.69) is 5.32 Å². The van der Waals surface area contributed by atoms with Gasteiger partial charge in [-0.1, -0.05) is 17.7 Å². The molecule has 1 aromatic rings. The van der Waals surface area contributed by atoms with Gasteiger partial charge < -0.3 is 10.4 Å². The van der Waals surface area contributed by atoms with Crippen LogP contribution in [0.4, 0.5) is 4.39 Å². The lowest BCUT2D eigenvalue weighted by atomic mass is 10.1. The van der Waals surface area contributed by atoms with Crippen LogP contribution in [-0.4, -0.2) is 23.0 Å². The van der Waals surface area contributed by atoms with Crippen molar-refractivity contribution < 1.29 is 19.1 Å². The van der Waals surface area contributed by atoms with E-state index in [-0.39, 0.29) is 24.2 Å². The van der Waals surface area contributed by atoms with Crippen molar-refractivity contribution in [3.63, 3.8) is 0 Å². The zero-order valence-electron chi connectivity index (χ0n) is 10.9. The van der Waals surface area contributed by atoms with Crippen molar-refractivity contribution in [3.05, 3.63) is 34.6 Å². The maximum absolute atomic E-state index is 13.7. The van der Waals surface area contributed by atoms with Crippen LogP contribution in [0.5, 0.6) is 0 Å². The number of nitrogens with one attached hydrogen (secondary N) is 1. The highest BCUT2D eigenvalue weighted by Crippen LogP contribution is 2.50. The Kier molecular flexibility index (Phi) is 4.28. The Morgan fingerprint density at radius 2 is 2.25 bits per heavy atom. The molecular formula is C14H15ClFNO3. The summed E-state index contributed by atoms with van der Waals surface area (Å²) in [5.41, 5.74) is 0.375. The molecule has 108 valence electrons. The first-order valence-corrected chi connectivity index (χ1v) is 6.74. The molecule has 0 spiro atoms. The van der Waals surface area contributed by atoms with E-state index in [1.807, 2.05) is 0 Å². The summed E-state index contributed by atoms with van der Waals surface area (Å²) in [6.07, 6.45) is 0.399. The van der Waals surface area contributed by atoms with Crippen LogP contribution in [0.2, 0.25) is 5.02 Å². The Hall–Kier alpha value is -1.62. The molecule has 0 aliphatic heterocycles. The lowest BCUT2D eigenvalue weighted by Crippen LogP contribution is -2.35. The summed E-state index contributed by atoms with van der Waals surface area (Å²) in [5, 5.41) is 11.6. The van der Waals surface area contributed by atoms with E-state index < -0.39 is 17.8 Å². The zero-order chi connectivity index (χ0) is 14.9. The van der Waals surface area contributed by atoms with Crippen molar-refractivity contribution >= 4 is 23.5 Å². The molecule has 1 amide bonds. The topological polar surface area (TPSA) is 66.4 Å². The van der Waals surface area contributed by atoms with E-state index in [1.54, 1.807) is 13.0 Å². The van der Waals surface area contributed by atoms with Crippen molar-refractivity contribution in [3.8, 4) is 0 Å². The van der Waals surface area contributed by atoms with Crippen molar-refractivity contribution in [1.82, 2.24) is 5.32 Å². The minimum atomic E-state index is -0.970. The summed E-state index contributed by atoms with van der Waals surface area (Å²) >= 11 is 5.96. The number of benzene rings is 1. The number of hydrogen-bond acceptors (Lipinski definition) is 2. The molecule has 4 nitrogen and oxygen atoms in total. The Morgan fingerprint density at radius 1 is 1.55 bits per heavy atom. The van der Waals surface area contributed by atoms with Crippen LogP contribution in [0.25, 0.3) is 0 Å². The molecule has 0 radical (unpaired) electrons. The number of amides is 1. The van der Waals surface area contributed by atoms with Crippen LogP contribution in [-0.2, 0) is 9.59 Å². The van der Waals surface area contributed by atoms with E-state index >= 15 is 0 Å². The van der Waals surface area contributed by atoms with Crippen LogP contribution in [0.1, 0.15) is 31.2 Å². The van der Waals surface area contributed by atoms with Crippen molar-refractivity contribution in [2.75, 3.05) is 0 Å². The lowest BCUT2D eigenvalue weighted by Gasteiger charge is -2.11. The van der Waals surface area contributed by atoms with Crippen LogP contribution in [0.3, 0.4) is 0 Å². The zero-order valence-corrected chi connectivity index (χ0v) is 11.7. The van der Waals surface area contributed by atoms with Gasteiger partial charge in [-0.15, -0.1) is 0 Å². The number of hydrogen-bond donors (Lipinski definition) is 2. The third kappa shape index (κ3) is 3.28. The molecule has 0 heterocycles. The smallest absolute Gasteiger partial charge is 0.305 e. The third-order valence-corrected chi connectivity index (χ3v) is 3.70. The maximum atomic E-state index is 13.7. The molecule has 3 atom stereocenters. The number of carbonyl (C=O) groups is 2. The minimum Gasteiger partial charge on any atom is -0.481 e. The van der Waals surface area contributed by atoms with Crippen LogP contribution >= 0.6 is 11.6 Å². The minimum absolute atomic E-state index is 0.135. The highest BCUT2D eigenvalue weighted by Gasteiger charge is 2.46. The summed E-state index contributed by atoms with van der Waals surface area (Å²) in [6, 6.07) is 3.99. The summed E-state index contributed by atoms with van der Waals surface area (Å²) in [7, 11) is 0. The third-order valence-electron chi connectivity index (χ3n) is 3.37. The second-order valence-corrected chi connectivity index (χ2v) is 5.50. The highest BCUT2D eigenvalue weighted by molar-refractivity contribution is 6.31. The monoisotopic (exact) mass is 299 g/mol. The van der Waals surface area contributed by atoms with Gasteiger partial charge in [-0.2, -0.15) is 0 Å². The molecule has 1 aliphatic rings. The second kappa shape index (κ2) is 5.79. The molecule has 2 N–H and O–H groups in total. The van der Waals surface area contributed by atoms with Gasteiger partial charge in [0, 0.05) is 28.5 Å². The standard InChI is InChI=1S/C14H15ClFNO3/c1-7(5-12(18)19)17-14(20)9-6-8(9)13-10(15)3-2-4-11(13)16/h2-4,7-9H,5-6H2,1H3,(H,17,20)(H,18,19). The number of carbonyl (C=O) groups excluding carboxylic acids is 1. The van der Waals surface area contributed by atoms with Gasteiger partial charge in [0.1, 0.15) is 5.82 Å². The fourth-order valence-electron chi connectivity index (χ4n) is 2.33. The first kappa shape index (κ1) is 14.8. The van der Waals surface area contributed by atoms with Gasteiger partial charge in [0.25, 0.3) is 0 Å². The average molecular weight is 300 g/mol. The molecule has 0 bridgehead atoms. The fourth-order valence-corrected chi connectivity index (χ4v) is 2.63. The van der Waals surface area contributed by atoms with Gasteiger partial charge in [0.05, 0.1) is 6.42 Å². The Balaban J connectivity index is 1.98. The fraction of sp³-hybridized carbons (Fsp3) is 0.429. The van der Waals surface area contributed by atoms with Crippen molar-refractivity contribution in [2.45, 2.75) is 31.7 Å². The summed E-state index contributed by atoms with van der Waals surface area (Å²) in [6.45, 7) is 1.62. The quantitative estimate of drug-likeness (QED) is 0.878. The molecule has 20 heavy (non-hydrogen) atoms. The molecule has 6 heteroatoms. The predicted octanol–water partition coefficient (Wildman–Crippen LogP) is 2.56. The Bertz CT molecular complexity index is 529. The van der Waals surface area contributed by atoms with Gasteiger partial charge in [0.15, 0.2) is 0 Å². The molecular weight excluding hydrogens is 285 g/mol. The molecule has 0 saturated heterocycles. The van der Waals surface area contributed by atoms with Crippen molar-refractivity contribution in [2.24, 2.45) is 5.92 Å². The summed E-state index contributed by atoms with van der Waals surface area (Å²) in [5.74, 6) is -2.18. The molecule has 1 aliphatic carbocycles. The first-order valence-electron chi connectivity index (χ1n) is 6.36. The molecule has 2 rings (SSSR count). The van der Waals surface area contributed by atoms with E-state index in [0.29, 0.717) is 17.0 Å². The van der Waals surface area contributed by atoms with Gasteiger partial charge in [-0.3, -0.25) is 9.59 Å². The summed E-state index contributed by atoms with van der Waals surface area (Å²) < 4.78 is 13.7. The number of carboxylic acid groups (broad SMARTS) is 1. The summed E-state index contributed by atoms with van der Waals surface area (Å²) in [4.78, 5) is 22.5. The molecule has 1 fully saturated rings. The number of aliphatic carboxylic acids is 1. The Labute approximate surface area is 120 Å². The number of carboxylic acids is 1. The second-order valence-electron chi connectivity index (χ2n) is 5.09. The molecule has 0 aromatic heterocycles. The normalized spacial score (nSPS) is 22.1. The molecule has 1 saturated carbocycles. The van der Waals surface area contributed by atoms with E-state index in [1.165, 1.54) is 12.1 Å². The first-order chi connectivity index (χ1) is 9.40. The van der Waals surface area contributed by atoms with Gasteiger partial charge in [-0.05, 0) is 25.5 Å². The van der Waals surface area contributed by atoms with Crippen molar-refractivity contribution in [1.29, 1.82) is 0 Å². The molecule has 1 aromatic carbocycles. The van der Waals surface area contributed by atoms with Gasteiger partial charge >= 0.3 is 5.97 Å². The van der Waals surface area contributed by atoms with Crippen LogP contribution in [0.15, 0.2) is 18.2 Å². The maximum Gasteiger partial charge on any atom is 0.305 e.